The molecule has 0 saturated heterocycles. The summed E-state index contributed by atoms with van der Waals surface area (Å²) in [5.41, 5.74) is 1.18. The largest absolute Gasteiger partial charge is 0.310 e. The Balaban J connectivity index is 1.81. The summed E-state index contributed by atoms with van der Waals surface area (Å²) in [5.74, 6) is 0.762. The van der Waals surface area contributed by atoms with Gasteiger partial charge in [-0.05, 0) is 31.2 Å². The van der Waals surface area contributed by atoms with Gasteiger partial charge in [-0.25, -0.2) is 8.78 Å². The van der Waals surface area contributed by atoms with E-state index in [0.717, 1.165) is 18.0 Å². The Morgan fingerprint density at radius 3 is 2.20 bits per heavy atom. The average Bonchev–Trinajstić information content (AvgIpc) is 2.74. The third-order valence-corrected chi connectivity index (χ3v) is 4.47. The molecule has 20 heavy (non-hydrogen) atoms. The fourth-order valence-corrected chi connectivity index (χ4v) is 3.04. The van der Waals surface area contributed by atoms with Crippen LogP contribution < -0.4 is 5.32 Å². The Kier molecular flexibility index (Phi) is 5.96. The number of halogens is 2. The normalized spacial score (nSPS) is 19.0. The third kappa shape index (κ3) is 4.55. The molecule has 0 bridgehead atoms. The summed E-state index contributed by atoms with van der Waals surface area (Å²) < 4.78 is 25.0. The number of hydrogen-bond acceptors (Lipinski definition) is 1. The monoisotopic (exact) mass is 281 g/mol. The first-order chi connectivity index (χ1) is 9.66. The zero-order valence-corrected chi connectivity index (χ0v) is 12.2. The lowest BCUT2D eigenvalue weighted by Crippen LogP contribution is -2.32. The Hall–Kier alpha value is -0.960. The lowest BCUT2D eigenvalue weighted by molar-refractivity contribution is 0.151. The zero-order chi connectivity index (χ0) is 14.4. The SMILES string of the molecule is C[C@@H](NCc1ccc(C(F)F)cc1)C1CCCCCC1. The summed E-state index contributed by atoms with van der Waals surface area (Å²) in [6.45, 7) is 3.02. The molecule has 1 atom stereocenters. The summed E-state index contributed by atoms with van der Waals surface area (Å²) in [5, 5.41) is 3.56. The lowest BCUT2D eigenvalue weighted by atomic mass is 9.93. The molecule has 0 radical (unpaired) electrons. The van der Waals surface area contributed by atoms with E-state index in [1.165, 1.54) is 50.7 Å². The Morgan fingerprint density at radius 1 is 1.05 bits per heavy atom. The van der Waals surface area contributed by atoms with E-state index in [4.69, 9.17) is 0 Å². The molecule has 2 rings (SSSR count). The van der Waals surface area contributed by atoms with E-state index in [1.807, 2.05) is 0 Å². The first kappa shape index (κ1) is 15.4. The molecule has 1 saturated carbocycles. The quantitative estimate of drug-likeness (QED) is 0.743. The van der Waals surface area contributed by atoms with Crippen molar-refractivity contribution in [2.24, 2.45) is 5.92 Å². The van der Waals surface area contributed by atoms with Gasteiger partial charge in [-0.15, -0.1) is 0 Å². The summed E-state index contributed by atoms with van der Waals surface area (Å²) >= 11 is 0. The molecule has 0 aromatic heterocycles. The summed E-state index contributed by atoms with van der Waals surface area (Å²) in [4.78, 5) is 0. The van der Waals surface area contributed by atoms with E-state index in [9.17, 15) is 8.78 Å². The lowest BCUT2D eigenvalue weighted by Gasteiger charge is -2.23. The zero-order valence-electron chi connectivity index (χ0n) is 12.2. The summed E-state index contributed by atoms with van der Waals surface area (Å²) in [6.07, 6.45) is 5.70. The number of rotatable bonds is 5. The Bertz CT molecular complexity index is 380. The molecule has 112 valence electrons. The molecule has 1 fully saturated rings. The molecule has 0 heterocycles. The highest BCUT2D eigenvalue weighted by Crippen LogP contribution is 2.25. The van der Waals surface area contributed by atoms with Gasteiger partial charge < -0.3 is 5.32 Å². The van der Waals surface area contributed by atoms with Crippen molar-refractivity contribution in [1.29, 1.82) is 0 Å². The first-order valence-electron chi connectivity index (χ1n) is 7.77. The van der Waals surface area contributed by atoms with Crippen LogP contribution in [0.15, 0.2) is 24.3 Å². The molecule has 1 aromatic carbocycles. The van der Waals surface area contributed by atoms with E-state index in [2.05, 4.69) is 12.2 Å². The Labute approximate surface area is 120 Å². The average molecular weight is 281 g/mol. The Morgan fingerprint density at radius 2 is 1.65 bits per heavy atom. The van der Waals surface area contributed by atoms with E-state index < -0.39 is 6.43 Å². The molecule has 1 aliphatic rings. The number of benzene rings is 1. The van der Waals surface area contributed by atoms with Crippen molar-refractivity contribution in [3.8, 4) is 0 Å². The second kappa shape index (κ2) is 7.72. The van der Waals surface area contributed by atoms with Gasteiger partial charge in [0, 0.05) is 18.2 Å². The van der Waals surface area contributed by atoms with Crippen molar-refractivity contribution < 1.29 is 8.78 Å². The molecular weight excluding hydrogens is 256 g/mol. The number of alkyl halides is 2. The number of hydrogen-bond donors (Lipinski definition) is 1. The van der Waals surface area contributed by atoms with Crippen molar-refractivity contribution in [2.45, 2.75) is 64.5 Å². The second-order valence-electron chi connectivity index (χ2n) is 5.96. The molecule has 0 aliphatic heterocycles. The van der Waals surface area contributed by atoms with E-state index >= 15 is 0 Å². The van der Waals surface area contributed by atoms with Crippen molar-refractivity contribution in [3.05, 3.63) is 35.4 Å². The van der Waals surface area contributed by atoms with Crippen LogP contribution in [0.4, 0.5) is 8.78 Å². The minimum atomic E-state index is -2.37. The molecule has 0 unspecified atom stereocenters. The maximum Gasteiger partial charge on any atom is 0.263 e. The predicted molar refractivity (Wildman–Crippen MR) is 78.9 cm³/mol. The molecule has 1 aromatic rings. The van der Waals surface area contributed by atoms with Gasteiger partial charge in [0.2, 0.25) is 0 Å². The van der Waals surface area contributed by atoms with Crippen molar-refractivity contribution in [3.63, 3.8) is 0 Å². The van der Waals surface area contributed by atoms with Crippen LogP contribution in [0, 0.1) is 5.92 Å². The van der Waals surface area contributed by atoms with Crippen molar-refractivity contribution in [2.75, 3.05) is 0 Å². The molecule has 1 nitrogen and oxygen atoms in total. The van der Waals surface area contributed by atoms with Crippen LogP contribution >= 0.6 is 0 Å². The van der Waals surface area contributed by atoms with Gasteiger partial charge >= 0.3 is 0 Å². The highest BCUT2D eigenvalue weighted by atomic mass is 19.3. The predicted octanol–water partition coefficient (Wildman–Crippen LogP) is 5.07. The summed E-state index contributed by atoms with van der Waals surface area (Å²) in [6, 6.07) is 7.15. The van der Waals surface area contributed by atoms with Gasteiger partial charge in [0.05, 0.1) is 0 Å². The highest BCUT2D eigenvalue weighted by Gasteiger charge is 2.18. The third-order valence-electron chi connectivity index (χ3n) is 4.47. The minimum absolute atomic E-state index is 0.102. The number of nitrogens with one attached hydrogen (secondary N) is 1. The maximum atomic E-state index is 12.5. The molecule has 0 spiro atoms. The molecule has 3 heteroatoms. The molecule has 1 N–H and O–H groups in total. The van der Waals surface area contributed by atoms with Crippen LogP contribution in [0.1, 0.15) is 63.0 Å². The van der Waals surface area contributed by atoms with Crippen molar-refractivity contribution >= 4 is 0 Å². The topological polar surface area (TPSA) is 12.0 Å². The maximum absolute atomic E-state index is 12.5. The van der Waals surface area contributed by atoms with Crippen LogP contribution in [0.25, 0.3) is 0 Å². The second-order valence-corrected chi connectivity index (χ2v) is 5.96. The summed E-state index contributed by atoms with van der Waals surface area (Å²) in [7, 11) is 0. The van der Waals surface area contributed by atoms with Crippen LogP contribution in [-0.4, -0.2) is 6.04 Å². The van der Waals surface area contributed by atoms with Crippen LogP contribution in [0.2, 0.25) is 0 Å². The van der Waals surface area contributed by atoms with E-state index in [1.54, 1.807) is 12.1 Å². The van der Waals surface area contributed by atoms with Gasteiger partial charge in [0.1, 0.15) is 0 Å². The van der Waals surface area contributed by atoms with Crippen LogP contribution in [0.5, 0.6) is 0 Å². The molecule has 1 aliphatic carbocycles. The van der Waals surface area contributed by atoms with Crippen LogP contribution in [-0.2, 0) is 6.54 Å². The smallest absolute Gasteiger partial charge is 0.263 e. The first-order valence-corrected chi connectivity index (χ1v) is 7.77. The van der Waals surface area contributed by atoms with Gasteiger partial charge in [-0.2, -0.15) is 0 Å². The van der Waals surface area contributed by atoms with E-state index in [-0.39, 0.29) is 5.56 Å². The van der Waals surface area contributed by atoms with Crippen LogP contribution in [0.3, 0.4) is 0 Å². The van der Waals surface area contributed by atoms with E-state index in [0.29, 0.717) is 6.04 Å². The van der Waals surface area contributed by atoms with Gasteiger partial charge in [0.15, 0.2) is 0 Å². The minimum Gasteiger partial charge on any atom is -0.310 e. The fourth-order valence-electron chi connectivity index (χ4n) is 3.04. The standard InChI is InChI=1S/C17H25F2N/c1-13(15-6-4-2-3-5-7-15)20-12-14-8-10-16(11-9-14)17(18)19/h8-11,13,15,17,20H,2-7,12H2,1H3/t13-/m1/s1. The van der Waals surface area contributed by atoms with Gasteiger partial charge in [-0.3, -0.25) is 0 Å². The van der Waals surface area contributed by atoms with Gasteiger partial charge in [-0.1, -0.05) is 49.9 Å². The molecular formula is C17H25F2N. The highest BCUT2D eigenvalue weighted by molar-refractivity contribution is 5.23. The van der Waals surface area contributed by atoms with Crippen molar-refractivity contribution in [1.82, 2.24) is 5.32 Å². The molecule has 0 amide bonds. The fraction of sp³-hybridized carbons (Fsp3) is 0.647. The van der Waals surface area contributed by atoms with Gasteiger partial charge in [0.25, 0.3) is 6.43 Å².